The number of hydrogen-bond acceptors (Lipinski definition) is 7. The third kappa shape index (κ3) is 4.93. The van der Waals surface area contributed by atoms with Crippen LogP contribution in [0.15, 0.2) is 30.7 Å². The van der Waals surface area contributed by atoms with Crippen molar-refractivity contribution in [3.63, 3.8) is 0 Å². The number of alkyl halides is 3. The molecule has 0 bridgehead atoms. The number of nitrogens with zero attached hydrogens (tertiary/aromatic N) is 6. The Labute approximate surface area is 183 Å². The number of anilines is 1. The Morgan fingerprint density at radius 3 is 2.81 bits per heavy atom. The topological polar surface area (TPSA) is 78.2 Å². The first-order valence-electron chi connectivity index (χ1n) is 10.4. The van der Waals surface area contributed by atoms with E-state index in [9.17, 15) is 13.2 Å². The molecular weight excluding hydrogens is 425 g/mol. The summed E-state index contributed by atoms with van der Waals surface area (Å²) in [5, 5.41) is 4.32. The van der Waals surface area contributed by atoms with E-state index in [1.54, 1.807) is 24.2 Å². The molecule has 0 aromatic carbocycles. The van der Waals surface area contributed by atoms with Crippen LogP contribution in [0.3, 0.4) is 0 Å². The van der Waals surface area contributed by atoms with Gasteiger partial charge in [-0.2, -0.15) is 18.3 Å². The van der Waals surface area contributed by atoms with E-state index >= 15 is 0 Å². The minimum Gasteiger partial charge on any atom is -0.491 e. The van der Waals surface area contributed by atoms with Gasteiger partial charge in [-0.25, -0.2) is 19.6 Å². The van der Waals surface area contributed by atoms with E-state index in [1.165, 1.54) is 12.1 Å². The van der Waals surface area contributed by atoms with Crippen LogP contribution in [0, 0.1) is 11.8 Å². The largest absolute Gasteiger partial charge is 0.491 e. The molecule has 3 aromatic rings. The number of fused-ring (bicyclic) bond motifs is 1. The van der Waals surface area contributed by atoms with Crippen molar-refractivity contribution in [2.45, 2.75) is 26.1 Å². The number of hydrogen-bond donors (Lipinski definition) is 0. The van der Waals surface area contributed by atoms with Gasteiger partial charge in [0.25, 0.3) is 0 Å². The minimum absolute atomic E-state index is 0.0379. The lowest BCUT2D eigenvalue weighted by Crippen LogP contribution is -2.42. The summed E-state index contributed by atoms with van der Waals surface area (Å²) in [5.74, 6) is 0.832. The quantitative estimate of drug-likeness (QED) is 0.546. The molecule has 3 aromatic heterocycles. The maximum absolute atomic E-state index is 13.2. The smallest absolute Gasteiger partial charge is 0.437 e. The Morgan fingerprint density at radius 2 is 2.03 bits per heavy atom. The van der Waals surface area contributed by atoms with Crippen molar-refractivity contribution in [2.24, 2.45) is 11.8 Å². The van der Waals surface area contributed by atoms with E-state index in [4.69, 9.17) is 14.5 Å². The van der Waals surface area contributed by atoms with E-state index in [1.807, 2.05) is 0 Å². The Bertz CT molecular complexity index is 1060. The highest BCUT2D eigenvalue weighted by Crippen LogP contribution is 2.35. The third-order valence-corrected chi connectivity index (χ3v) is 5.42. The van der Waals surface area contributed by atoms with Gasteiger partial charge in [0.1, 0.15) is 17.1 Å². The van der Waals surface area contributed by atoms with E-state index < -0.39 is 11.9 Å². The van der Waals surface area contributed by atoms with Crippen molar-refractivity contribution in [1.29, 1.82) is 0 Å². The summed E-state index contributed by atoms with van der Waals surface area (Å²) in [5.41, 5.74) is 0.378. The van der Waals surface area contributed by atoms with E-state index in [-0.39, 0.29) is 18.3 Å². The fourth-order valence-electron chi connectivity index (χ4n) is 4.05. The first kappa shape index (κ1) is 22.3. The predicted molar refractivity (Wildman–Crippen MR) is 111 cm³/mol. The second kappa shape index (κ2) is 9.27. The summed E-state index contributed by atoms with van der Waals surface area (Å²) in [6.07, 6.45) is 0.790. The van der Waals surface area contributed by atoms with Crippen molar-refractivity contribution in [1.82, 2.24) is 24.7 Å². The summed E-state index contributed by atoms with van der Waals surface area (Å²) in [7, 11) is 1.63. The molecule has 8 nitrogen and oxygen atoms in total. The Morgan fingerprint density at radius 1 is 1.19 bits per heavy atom. The molecule has 0 saturated carbocycles. The van der Waals surface area contributed by atoms with Gasteiger partial charge in [-0.15, -0.1) is 0 Å². The maximum Gasteiger partial charge on any atom is 0.437 e. The molecule has 4 heterocycles. The average molecular weight is 450 g/mol. The predicted octanol–water partition coefficient (Wildman–Crippen LogP) is 3.43. The lowest BCUT2D eigenvalue weighted by molar-refractivity contribution is -0.142. The van der Waals surface area contributed by atoms with Crippen LogP contribution in [0.2, 0.25) is 0 Å². The molecular formula is C21H25F3N6O2. The highest BCUT2D eigenvalue weighted by Gasteiger charge is 2.36. The van der Waals surface area contributed by atoms with Gasteiger partial charge in [-0.05, 0) is 24.5 Å². The summed E-state index contributed by atoms with van der Waals surface area (Å²) in [4.78, 5) is 14.8. The third-order valence-electron chi connectivity index (χ3n) is 5.42. The zero-order chi connectivity index (χ0) is 22.7. The maximum atomic E-state index is 13.2. The zero-order valence-electron chi connectivity index (χ0n) is 17.9. The second-order valence-electron chi connectivity index (χ2n) is 8.07. The molecule has 0 amide bonds. The van der Waals surface area contributed by atoms with Gasteiger partial charge in [0.2, 0.25) is 0 Å². The van der Waals surface area contributed by atoms with Crippen molar-refractivity contribution < 1.29 is 22.6 Å². The van der Waals surface area contributed by atoms with Gasteiger partial charge in [0.05, 0.1) is 32.2 Å². The van der Waals surface area contributed by atoms with Crippen LogP contribution in [-0.2, 0) is 17.5 Å². The molecule has 0 N–H and O–H groups in total. The SMILES string of the molecule is COCCn1ncc2ncc(N3C[C@@H](C)C[C@@H](COc4cccnc4C(F)(F)F)C3)nc21. The Balaban J connectivity index is 1.48. The number of methoxy groups -OCH3 is 1. The van der Waals surface area contributed by atoms with Crippen molar-refractivity contribution in [3.8, 4) is 5.75 Å². The standard InChI is InChI=1S/C21H25F3N6O2/c1-14-8-15(13-32-17-4-3-5-25-19(17)21(22,23)24)12-29(11-14)18-10-26-16-9-27-30(6-7-31-2)20(16)28-18/h3-5,9-10,14-15H,6-8,11-13H2,1-2H3/t14-,15+/m0/s1. The number of ether oxygens (including phenoxy) is 2. The van der Waals surface area contributed by atoms with Gasteiger partial charge >= 0.3 is 6.18 Å². The molecule has 1 fully saturated rings. The molecule has 4 rings (SSSR count). The summed E-state index contributed by atoms with van der Waals surface area (Å²) in [6, 6.07) is 2.75. The van der Waals surface area contributed by atoms with Crippen molar-refractivity contribution in [3.05, 3.63) is 36.4 Å². The van der Waals surface area contributed by atoms with Crippen LogP contribution in [-0.4, -0.2) is 58.1 Å². The van der Waals surface area contributed by atoms with Gasteiger partial charge in [-0.3, -0.25) is 0 Å². The average Bonchev–Trinajstić information content (AvgIpc) is 3.17. The molecule has 11 heteroatoms. The van der Waals surface area contributed by atoms with E-state index in [0.717, 1.165) is 19.2 Å². The molecule has 1 aliphatic rings. The molecule has 2 atom stereocenters. The molecule has 1 saturated heterocycles. The molecule has 32 heavy (non-hydrogen) atoms. The summed E-state index contributed by atoms with van der Waals surface area (Å²) < 4.78 is 52.0. The summed E-state index contributed by atoms with van der Waals surface area (Å²) in [6.45, 7) is 4.74. The monoisotopic (exact) mass is 450 g/mol. The Kier molecular flexibility index (Phi) is 6.45. The Hall–Kier alpha value is -2.95. The fraction of sp³-hybridized carbons (Fsp3) is 0.524. The van der Waals surface area contributed by atoms with Crippen LogP contribution in [0.1, 0.15) is 19.0 Å². The van der Waals surface area contributed by atoms with Gasteiger partial charge < -0.3 is 14.4 Å². The lowest BCUT2D eigenvalue weighted by Gasteiger charge is -2.37. The zero-order valence-corrected chi connectivity index (χ0v) is 17.9. The van der Waals surface area contributed by atoms with Gasteiger partial charge in [0.15, 0.2) is 11.3 Å². The highest BCUT2D eigenvalue weighted by atomic mass is 19.4. The molecule has 0 unspecified atom stereocenters. The van der Waals surface area contributed by atoms with Crippen molar-refractivity contribution in [2.75, 3.05) is 38.3 Å². The van der Waals surface area contributed by atoms with Gasteiger partial charge in [-0.1, -0.05) is 6.92 Å². The van der Waals surface area contributed by atoms with E-state index in [2.05, 4.69) is 26.9 Å². The molecule has 0 aliphatic carbocycles. The number of piperidine rings is 1. The molecule has 0 spiro atoms. The van der Waals surface area contributed by atoms with Crippen molar-refractivity contribution >= 4 is 17.0 Å². The van der Waals surface area contributed by atoms with Crippen LogP contribution in [0.4, 0.5) is 19.0 Å². The molecule has 0 radical (unpaired) electrons. The van der Waals surface area contributed by atoms with Crippen LogP contribution in [0.25, 0.3) is 11.2 Å². The molecule has 172 valence electrons. The van der Waals surface area contributed by atoms with Crippen LogP contribution >= 0.6 is 0 Å². The highest BCUT2D eigenvalue weighted by molar-refractivity contribution is 5.71. The van der Waals surface area contributed by atoms with E-state index in [0.29, 0.717) is 42.6 Å². The first-order chi connectivity index (χ1) is 15.3. The van der Waals surface area contributed by atoms with Crippen LogP contribution in [0.5, 0.6) is 5.75 Å². The van der Waals surface area contributed by atoms with Crippen LogP contribution < -0.4 is 9.64 Å². The number of pyridine rings is 1. The normalized spacial score (nSPS) is 19.5. The number of rotatable bonds is 7. The second-order valence-corrected chi connectivity index (χ2v) is 8.07. The summed E-state index contributed by atoms with van der Waals surface area (Å²) >= 11 is 0. The van der Waals surface area contributed by atoms with Gasteiger partial charge in [0, 0.05) is 32.3 Å². The fourth-order valence-corrected chi connectivity index (χ4v) is 4.05. The first-order valence-corrected chi connectivity index (χ1v) is 10.4. The number of aromatic nitrogens is 5. The lowest BCUT2D eigenvalue weighted by atomic mass is 9.91. The number of halogens is 3. The molecule has 1 aliphatic heterocycles. The minimum atomic E-state index is -4.56.